The smallest absolute Gasteiger partial charge is 0.0576 e. The average Bonchev–Trinajstić information content (AvgIpc) is 3.30. The molecule has 1 aliphatic rings. The van der Waals surface area contributed by atoms with Crippen LogP contribution in [0.3, 0.4) is 0 Å². The number of anilines is 4. The van der Waals surface area contributed by atoms with Gasteiger partial charge in [0.05, 0.1) is 6.04 Å². The first-order valence-electron chi connectivity index (χ1n) is 19.7. The zero-order valence-electron chi connectivity index (χ0n) is 32.1. The molecule has 9 rings (SSSR count). The molecule has 274 valence electrons. The average molecular weight is 733 g/mol. The maximum absolute atomic E-state index is 2.44. The zero-order valence-corrected chi connectivity index (χ0v) is 32.1. The molecular formula is C55H44N2. The number of allylic oxidation sites excluding steroid dienone is 2. The first-order valence-corrected chi connectivity index (χ1v) is 19.7. The van der Waals surface area contributed by atoms with Gasteiger partial charge in [0.15, 0.2) is 0 Å². The van der Waals surface area contributed by atoms with Gasteiger partial charge in [-0.05, 0) is 98.6 Å². The van der Waals surface area contributed by atoms with Crippen LogP contribution < -0.4 is 9.80 Å². The van der Waals surface area contributed by atoms with E-state index in [9.17, 15) is 0 Å². The van der Waals surface area contributed by atoms with E-state index in [0.29, 0.717) is 0 Å². The third-order valence-corrected chi connectivity index (χ3v) is 11.1. The van der Waals surface area contributed by atoms with Crippen LogP contribution in [0.25, 0.3) is 39.0 Å². The molecule has 0 N–H and O–H groups in total. The number of likely N-dealkylation sites (N-methyl/N-ethyl adjacent to an activating group) is 1. The summed E-state index contributed by atoms with van der Waals surface area (Å²) in [7, 11) is 2.20. The lowest BCUT2D eigenvalue weighted by Crippen LogP contribution is -2.36. The Morgan fingerprint density at radius 2 is 0.684 bits per heavy atom. The Kier molecular flexibility index (Phi) is 10.2. The normalized spacial score (nSPS) is 14.8. The Bertz CT molecular complexity index is 2580. The summed E-state index contributed by atoms with van der Waals surface area (Å²) in [5.41, 5.74) is 15.5. The number of benzene rings is 8. The second-order valence-electron chi connectivity index (χ2n) is 14.6. The lowest BCUT2D eigenvalue weighted by molar-refractivity contribution is 0.670. The summed E-state index contributed by atoms with van der Waals surface area (Å²) >= 11 is 0. The molecule has 1 aliphatic carbocycles. The van der Waals surface area contributed by atoms with Crippen molar-refractivity contribution in [2.75, 3.05) is 16.8 Å². The fraction of sp³-hybridized carbons (Fsp3) is 0.0545. The second kappa shape index (κ2) is 16.3. The minimum atomic E-state index is 0.192. The Labute approximate surface area is 337 Å². The van der Waals surface area contributed by atoms with Gasteiger partial charge in [0, 0.05) is 35.7 Å². The lowest BCUT2D eigenvalue weighted by atomic mass is 9.83. The molecule has 2 heteroatoms. The summed E-state index contributed by atoms with van der Waals surface area (Å²) in [6.45, 7) is 0. The number of nitrogens with zero attached hydrogens (tertiary/aromatic N) is 2. The molecule has 8 aromatic carbocycles. The van der Waals surface area contributed by atoms with Gasteiger partial charge in [-0.25, -0.2) is 0 Å². The van der Waals surface area contributed by atoms with Crippen molar-refractivity contribution in [3.05, 3.63) is 248 Å². The number of hydrogen-bond acceptors (Lipinski definition) is 2. The van der Waals surface area contributed by atoms with E-state index >= 15 is 0 Å². The van der Waals surface area contributed by atoms with Crippen molar-refractivity contribution < 1.29 is 0 Å². The summed E-state index contributed by atoms with van der Waals surface area (Å²) in [6.07, 6.45) is 7.11. The van der Waals surface area contributed by atoms with Crippen molar-refractivity contribution in [2.24, 2.45) is 0 Å². The molecule has 0 aliphatic heterocycles. The molecule has 8 aromatic rings. The molecule has 0 saturated heterocycles. The Hall–Kier alpha value is -7.16. The minimum Gasteiger partial charge on any atom is -0.367 e. The van der Waals surface area contributed by atoms with Crippen LogP contribution in [0.1, 0.15) is 17.0 Å². The van der Waals surface area contributed by atoms with E-state index in [4.69, 9.17) is 0 Å². The van der Waals surface area contributed by atoms with E-state index in [1.807, 2.05) is 0 Å². The SMILES string of the molecule is CN(c1ccccc1)C1C=CC(c2ccc(N(c3ccc(-c4ccccc4)cc3)c3ccc(-c4ccc(-c5ccccc5)cc4)cc3)cc2)=CC1c1ccccc1. The minimum absolute atomic E-state index is 0.192. The van der Waals surface area contributed by atoms with Gasteiger partial charge in [-0.2, -0.15) is 0 Å². The van der Waals surface area contributed by atoms with Crippen molar-refractivity contribution in [1.29, 1.82) is 0 Å². The van der Waals surface area contributed by atoms with Gasteiger partial charge in [0.2, 0.25) is 0 Å². The van der Waals surface area contributed by atoms with Crippen LogP contribution in [0.15, 0.2) is 237 Å². The van der Waals surface area contributed by atoms with Gasteiger partial charge in [0.25, 0.3) is 0 Å². The highest BCUT2D eigenvalue weighted by molar-refractivity contribution is 5.83. The van der Waals surface area contributed by atoms with E-state index in [1.165, 1.54) is 55.8 Å². The summed E-state index contributed by atoms with van der Waals surface area (Å²) in [5, 5.41) is 0. The molecule has 0 saturated carbocycles. The molecule has 0 aromatic heterocycles. The highest BCUT2D eigenvalue weighted by Crippen LogP contribution is 2.40. The largest absolute Gasteiger partial charge is 0.367 e. The molecule has 0 amide bonds. The van der Waals surface area contributed by atoms with Crippen LogP contribution in [-0.4, -0.2) is 13.1 Å². The number of para-hydroxylation sites is 1. The van der Waals surface area contributed by atoms with Crippen LogP contribution >= 0.6 is 0 Å². The Balaban J connectivity index is 1.03. The van der Waals surface area contributed by atoms with Crippen LogP contribution in [0.2, 0.25) is 0 Å². The number of hydrogen-bond donors (Lipinski definition) is 0. The van der Waals surface area contributed by atoms with E-state index in [-0.39, 0.29) is 12.0 Å². The van der Waals surface area contributed by atoms with Crippen LogP contribution in [0, 0.1) is 0 Å². The third kappa shape index (κ3) is 7.72. The highest BCUT2D eigenvalue weighted by atomic mass is 15.1. The predicted molar refractivity (Wildman–Crippen MR) is 242 cm³/mol. The standard InChI is InChI=1S/C55H44N2/c1-56(50-20-12-5-13-21-50)55-39-32-49(40-54(55)48-18-10-4-11-19-48)47-30-37-53(38-31-47)57(51-33-26-45(27-34-51)42-16-8-3-9-17-42)52-35-28-46(29-36-52)44-24-22-43(23-25-44)41-14-6-2-7-15-41/h2-40,54-55H,1H3. The first-order chi connectivity index (χ1) is 28.2. The molecule has 0 bridgehead atoms. The molecule has 2 atom stereocenters. The highest BCUT2D eigenvalue weighted by Gasteiger charge is 2.27. The molecule has 57 heavy (non-hydrogen) atoms. The maximum atomic E-state index is 2.44. The topological polar surface area (TPSA) is 6.48 Å². The summed E-state index contributed by atoms with van der Waals surface area (Å²) in [5.74, 6) is 0.198. The fourth-order valence-corrected chi connectivity index (χ4v) is 8.01. The van der Waals surface area contributed by atoms with Crippen LogP contribution in [-0.2, 0) is 0 Å². The van der Waals surface area contributed by atoms with Crippen molar-refractivity contribution in [1.82, 2.24) is 0 Å². The van der Waals surface area contributed by atoms with Crippen LogP contribution in [0.5, 0.6) is 0 Å². The molecule has 0 spiro atoms. The van der Waals surface area contributed by atoms with Gasteiger partial charge in [-0.1, -0.05) is 188 Å². The third-order valence-electron chi connectivity index (χ3n) is 11.1. The van der Waals surface area contributed by atoms with Crippen molar-refractivity contribution >= 4 is 28.3 Å². The Morgan fingerprint density at radius 1 is 0.333 bits per heavy atom. The lowest BCUT2D eigenvalue weighted by Gasteiger charge is -2.35. The van der Waals surface area contributed by atoms with Gasteiger partial charge in [-0.3, -0.25) is 0 Å². The predicted octanol–water partition coefficient (Wildman–Crippen LogP) is 14.4. The Morgan fingerprint density at radius 3 is 1.12 bits per heavy atom. The molecule has 0 fully saturated rings. The zero-order chi connectivity index (χ0) is 38.4. The van der Waals surface area contributed by atoms with Crippen molar-refractivity contribution in [2.45, 2.75) is 12.0 Å². The van der Waals surface area contributed by atoms with Crippen molar-refractivity contribution in [3.63, 3.8) is 0 Å². The van der Waals surface area contributed by atoms with Gasteiger partial charge in [0.1, 0.15) is 0 Å². The van der Waals surface area contributed by atoms with E-state index < -0.39 is 0 Å². The summed E-state index contributed by atoms with van der Waals surface area (Å²) in [6, 6.07) is 78.6. The fourth-order valence-electron chi connectivity index (χ4n) is 8.01. The van der Waals surface area contributed by atoms with E-state index in [1.54, 1.807) is 0 Å². The van der Waals surface area contributed by atoms with E-state index in [0.717, 1.165) is 17.1 Å². The molecule has 2 nitrogen and oxygen atoms in total. The van der Waals surface area contributed by atoms with Gasteiger partial charge >= 0.3 is 0 Å². The molecule has 0 radical (unpaired) electrons. The summed E-state index contributed by atoms with van der Waals surface area (Å²) in [4.78, 5) is 4.74. The molecule has 0 heterocycles. The van der Waals surface area contributed by atoms with E-state index in [2.05, 4.69) is 253 Å². The van der Waals surface area contributed by atoms with Gasteiger partial charge in [-0.15, -0.1) is 0 Å². The molecule has 2 unspecified atom stereocenters. The van der Waals surface area contributed by atoms with Gasteiger partial charge < -0.3 is 9.80 Å². The second-order valence-corrected chi connectivity index (χ2v) is 14.6. The quantitative estimate of drug-likeness (QED) is 0.138. The molecular weight excluding hydrogens is 689 g/mol. The number of rotatable bonds is 10. The van der Waals surface area contributed by atoms with Crippen molar-refractivity contribution in [3.8, 4) is 33.4 Å². The monoisotopic (exact) mass is 732 g/mol. The maximum Gasteiger partial charge on any atom is 0.0576 e. The van der Waals surface area contributed by atoms with Crippen LogP contribution in [0.4, 0.5) is 22.7 Å². The summed E-state index contributed by atoms with van der Waals surface area (Å²) < 4.78 is 0. The first kappa shape index (κ1) is 35.5.